The summed E-state index contributed by atoms with van der Waals surface area (Å²) in [5, 5.41) is 6.09. The SMILES string of the molecule is CCCNC1CCCCC1CN1CCc2sccc2C1C. The average Bonchev–Trinajstić information content (AvgIpc) is 2.98. The lowest BCUT2D eigenvalue weighted by Crippen LogP contribution is -2.46. The van der Waals surface area contributed by atoms with Crippen molar-refractivity contribution >= 4 is 11.3 Å². The highest BCUT2D eigenvalue weighted by Crippen LogP contribution is 2.35. The molecule has 2 heterocycles. The maximum absolute atomic E-state index is 3.82. The molecule has 1 aromatic heterocycles. The zero-order valence-electron chi connectivity index (χ0n) is 13.6. The molecule has 118 valence electrons. The summed E-state index contributed by atoms with van der Waals surface area (Å²) >= 11 is 1.95. The zero-order valence-corrected chi connectivity index (χ0v) is 14.4. The summed E-state index contributed by atoms with van der Waals surface area (Å²) in [6, 6.07) is 3.73. The number of fused-ring (bicyclic) bond motifs is 1. The largest absolute Gasteiger partial charge is 0.314 e. The monoisotopic (exact) mass is 306 g/mol. The van der Waals surface area contributed by atoms with Crippen LogP contribution in [0.2, 0.25) is 0 Å². The molecule has 2 aliphatic rings. The number of thiophene rings is 1. The van der Waals surface area contributed by atoms with Crippen LogP contribution in [0.4, 0.5) is 0 Å². The molecule has 0 bridgehead atoms. The highest BCUT2D eigenvalue weighted by Gasteiger charge is 2.30. The number of hydrogen-bond donors (Lipinski definition) is 1. The third-order valence-corrected chi connectivity index (χ3v) is 6.43. The van der Waals surface area contributed by atoms with Crippen molar-refractivity contribution in [3.05, 3.63) is 21.9 Å². The molecule has 0 aromatic carbocycles. The van der Waals surface area contributed by atoms with Gasteiger partial charge in [0.25, 0.3) is 0 Å². The summed E-state index contributed by atoms with van der Waals surface area (Å²) in [5.74, 6) is 0.855. The van der Waals surface area contributed by atoms with E-state index in [4.69, 9.17) is 0 Å². The first-order valence-electron chi connectivity index (χ1n) is 8.83. The van der Waals surface area contributed by atoms with Gasteiger partial charge in [-0.3, -0.25) is 4.90 Å². The van der Waals surface area contributed by atoms with Gasteiger partial charge in [0.2, 0.25) is 0 Å². The van der Waals surface area contributed by atoms with Gasteiger partial charge in [-0.2, -0.15) is 0 Å². The Morgan fingerprint density at radius 1 is 1.33 bits per heavy atom. The zero-order chi connectivity index (χ0) is 14.7. The van der Waals surface area contributed by atoms with Crippen molar-refractivity contribution in [1.82, 2.24) is 10.2 Å². The minimum Gasteiger partial charge on any atom is -0.314 e. The molecule has 0 amide bonds. The van der Waals surface area contributed by atoms with Gasteiger partial charge in [-0.1, -0.05) is 19.8 Å². The second kappa shape index (κ2) is 7.26. The summed E-state index contributed by atoms with van der Waals surface area (Å²) in [7, 11) is 0. The fourth-order valence-corrected chi connectivity index (χ4v) is 5.10. The van der Waals surface area contributed by atoms with E-state index < -0.39 is 0 Å². The van der Waals surface area contributed by atoms with E-state index in [0.717, 1.165) is 12.0 Å². The quantitative estimate of drug-likeness (QED) is 0.876. The van der Waals surface area contributed by atoms with Crippen molar-refractivity contribution in [2.24, 2.45) is 5.92 Å². The van der Waals surface area contributed by atoms with Crippen LogP contribution in [0.5, 0.6) is 0 Å². The highest BCUT2D eigenvalue weighted by atomic mass is 32.1. The van der Waals surface area contributed by atoms with Gasteiger partial charge in [-0.25, -0.2) is 0 Å². The highest BCUT2D eigenvalue weighted by molar-refractivity contribution is 7.10. The van der Waals surface area contributed by atoms with Gasteiger partial charge in [0.1, 0.15) is 0 Å². The van der Waals surface area contributed by atoms with E-state index in [1.54, 1.807) is 10.4 Å². The molecule has 1 aliphatic heterocycles. The minimum absolute atomic E-state index is 0.619. The van der Waals surface area contributed by atoms with Crippen molar-refractivity contribution in [3.8, 4) is 0 Å². The summed E-state index contributed by atoms with van der Waals surface area (Å²) in [4.78, 5) is 4.37. The fourth-order valence-electron chi connectivity index (χ4n) is 4.14. The first kappa shape index (κ1) is 15.5. The molecule has 1 fully saturated rings. The molecule has 2 nitrogen and oxygen atoms in total. The first-order chi connectivity index (χ1) is 10.3. The predicted octanol–water partition coefficient (Wildman–Crippen LogP) is 4.23. The lowest BCUT2D eigenvalue weighted by atomic mass is 9.83. The van der Waals surface area contributed by atoms with Crippen molar-refractivity contribution in [1.29, 1.82) is 0 Å². The van der Waals surface area contributed by atoms with E-state index in [2.05, 4.69) is 35.5 Å². The number of hydrogen-bond acceptors (Lipinski definition) is 3. The Balaban J connectivity index is 1.62. The van der Waals surface area contributed by atoms with Crippen molar-refractivity contribution in [2.75, 3.05) is 19.6 Å². The number of nitrogens with zero attached hydrogens (tertiary/aromatic N) is 1. The van der Waals surface area contributed by atoms with Crippen LogP contribution in [0, 0.1) is 5.92 Å². The van der Waals surface area contributed by atoms with Gasteiger partial charge in [0.05, 0.1) is 0 Å². The van der Waals surface area contributed by atoms with E-state index in [0.29, 0.717) is 6.04 Å². The van der Waals surface area contributed by atoms with Gasteiger partial charge < -0.3 is 5.32 Å². The van der Waals surface area contributed by atoms with Crippen LogP contribution >= 0.6 is 11.3 Å². The molecule has 0 spiro atoms. The fraction of sp³-hybridized carbons (Fsp3) is 0.778. The van der Waals surface area contributed by atoms with E-state index >= 15 is 0 Å². The van der Waals surface area contributed by atoms with Crippen molar-refractivity contribution in [2.45, 2.75) is 64.5 Å². The third-order valence-electron chi connectivity index (χ3n) is 5.44. The maximum Gasteiger partial charge on any atom is 0.0331 e. The molecular formula is C18H30N2S. The van der Waals surface area contributed by atoms with Crippen LogP contribution in [0.3, 0.4) is 0 Å². The Kier molecular flexibility index (Phi) is 5.36. The summed E-state index contributed by atoms with van der Waals surface area (Å²) in [6.45, 7) is 8.41. The van der Waals surface area contributed by atoms with Crippen LogP contribution in [-0.2, 0) is 6.42 Å². The molecule has 3 heteroatoms. The number of nitrogens with one attached hydrogen (secondary N) is 1. The molecule has 21 heavy (non-hydrogen) atoms. The van der Waals surface area contributed by atoms with Gasteiger partial charge in [0, 0.05) is 30.1 Å². The Bertz CT molecular complexity index is 442. The molecule has 0 saturated heterocycles. The Morgan fingerprint density at radius 3 is 3.05 bits per heavy atom. The predicted molar refractivity (Wildman–Crippen MR) is 92.1 cm³/mol. The van der Waals surface area contributed by atoms with E-state index in [1.807, 2.05) is 11.3 Å². The number of rotatable bonds is 5. The van der Waals surface area contributed by atoms with Crippen LogP contribution in [0.15, 0.2) is 11.4 Å². The molecule has 1 saturated carbocycles. The minimum atomic E-state index is 0.619. The topological polar surface area (TPSA) is 15.3 Å². The average molecular weight is 307 g/mol. The lowest BCUT2D eigenvalue weighted by molar-refractivity contribution is 0.129. The normalized spacial score (nSPS) is 30.3. The Morgan fingerprint density at radius 2 is 2.19 bits per heavy atom. The van der Waals surface area contributed by atoms with Crippen LogP contribution in [0.1, 0.15) is 62.4 Å². The first-order valence-corrected chi connectivity index (χ1v) is 9.71. The molecule has 3 rings (SSSR count). The van der Waals surface area contributed by atoms with Crippen molar-refractivity contribution in [3.63, 3.8) is 0 Å². The Labute approximate surface area is 133 Å². The second-order valence-corrected chi connectivity index (χ2v) is 7.83. The van der Waals surface area contributed by atoms with E-state index in [9.17, 15) is 0 Å². The second-order valence-electron chi connectivity index (χ2n) is 6.83. The Hall–Kier alpha value is -0.380. The molecule has 1 N–H and O–H groups in total. The van der Waals surface area contributed by atoms with Crippen molar-refractivity contribution < 1.29 is 0 Å². The lowest BCUT2D eigenvalue weighted by Gasteiger charge is -2.40. The van der Waals surface area contributed by atoms with Gasteiger partial charge >= 0.3 is 0 Å². The van der Waals surface area contributed by atoms with Crippen LogP contribution < -0.4 is 5.32 Å². The molecule has 3 unspecified atom stereocenters. The molecular weight excluding hydrogens is 276 g/mol. The summed E-state index contributed by atoms with van der Waals surface area (Å²) < 4.78 is 0. The molecule has 1 aromatic rings. The van der Waals surface area contributed by atoms with Gasteiger partial charge in [0.15, 0.2) is 0 Å². The molecule has 1 aliphatic carbocycles. The maximum atomic E-state index is 3.82. The smallest absolute Gasteiger partial charge is 0.0331 e. The molecule has 3 atom stereocenters. The van der Waals surface area contributed by atoms with Gasteiger partial charge in [-0.15, -0.1) is 11.3 Å². The van der Waals surface area contributed by atoms with E-state index in [-0.39, 0.29) is 0 Å². The standard InChI is InChI=1S/C18H30N2S/c1-3-10-19-17-7-5-4-6-15(17)13-20-11-8-18-16(14(20)2)9-12-21-18/h9,12,14-15,17,19H,3-8,10-11,13H2,1-2H3. The summed E-state index contributed by atoms with van der Waals surface area (Å²) in [6.07, 6.45) is 8.17. The van der Waals surface area contributed by atoms with Gasteiger partial charge in [-0.05, 0) is 62.1 Å². The van der Waals surface area contributed by atoms with E-state index in [1.165, 1.54) is 58.2 Å². The van der Waals surface area contributed by atoms with Crippen LogP contribution in [-0.4, -0.2) is 30.6 Å². The molecule has 0 radical (unpaired) electrons. The van der Waals surface area contributed by atoms with Crippen LogP contribution in [0.25, 0.3) is 0 Å². The third kappa shape index (κ3) is 3.52. The summed E-state index contributed by atoms with van der Waals surface area (Å²) in [5.41, 5.74) is 1.60.